The average Bonchev–Trinajstić information content (AvgIpc) is 2.99. The Balaban J connectivity index is 0.00000225. The van der Waals surface area contributed by atoms with Crippen molar-refractivity contribution in [2.24, 2.45) is 11.3 Å². The maximum Gasteiger partial charge on any atom is 0.230 e. The van der Waals surface area contributed by atoms with Crippen molar-refractivity contribution >= 4 is 22.9 Å². The molecule has 0 aliphatic heterocycles. The molecule has 2 aliphatic carbocycles. The number of amides is 1. The molecule has 4 rings (SSSR count). The molecule has 1 aromatic heterocycles. The van der Waals surface area contributed by atoms with Gasteiger partial charge in [0.05, 0.1) is 11.1 Å². The van der Waals surface area contributed by atoms with E-state index in [2.05, 4.69) is 24.1 Å². The monoisotopic (exact) mass is 389 g/mol. The van der Waals surface area contributed by atoms with Crippen LogP contribution in [0, 0.1) is 17.2 Å². The van der Waals surface area contributed by atoms with Crippen LogP contribution in [0.5, 0.6) is 0 Å². The molecule has 1 atom stereocenters. The van der Waals surface area contributed by atoms with E-state index in [0.717, 1.165) is 25.7 Å². The summed E-state index contributed by atoms with van der Waals surface area (Å²) in [5.74, 6) is 0.0544. The molecule has 0 bridgehead atoms. The molecule has 1 heterocycles. The van der Waals surface area contributed by atoms with Crippen molar-refractivity contribution in [1.29, 1.82) is 0 Å². The lowest BCUT2D eigenvalue weighted by atomic mass is 9.92. The smallest absolute Gasteiger partial charge is 0.230 e. The fourth-order valence-corrected chi connectivity index (χ4v) is 3.99. The highest BCUT2D eigenvalue weighted by molar-refractivity contribution is 5.95. The minimum atomic E-state index is -0.996. The molecular formula is C22H32FN3O2. The lowest BCUT2D eigenvalue weighted by molar-refractivity contribution is -0.118. The molecule has 1 aromatic carbocycles. The van der Waals surface area contributed by atoms with Crippen LogP contribution >= 0.6 is 0 Å². The number of carbonyl (C=O) groups is 1. The van der Waals surface area contributed by atoms with Gasteiger partial charge in [0.25, 0.3) is 0 Å². The van der Waals surface area contributed by atoms with E-state index in [1.807, 2.05) is 4.57 Å². The summed E-state index contributed by atoms with van der Waals surface area (Å²) < 4.78 is 17.2. The van der Waals surface area contributed by atoms with Gasteiger partial charge in [-0.25, -0.2) is 9.37 Å². The zero-order chi connectivity index (χ0) is 19.6. The zero-order valence-electron chi connectivity index (χ0n) is 16.5. The maximum absolute atomic E-state index is 15.3. The molecule has 2 N–H and O–H groups in total. The number of carbonyl (C=O) groups excluding carboxylic acids is 1. The van der Waals surface area contributed by atoms with E-state index in [1.54, 1.807) is 26.0 Å². The van der Waals surface area contributed by atoms with Crippen molar-refractivity contribution in [2.45, 2.75) is 78.9 Å². The van der Waals surface area contributed by atoms with Crippen LogP contribution in [0.2, 0.25) is 0 Å². The molecule has 154 valence electrons. The molecule has 2 aliphatic rings. The van der Waals surface area contributed by atoms with Crippen LogP contribution in [0.4, 0.5) is 10.3 Å². The van der Waals surface area contributed by atoms with Crippen molar-refractivity contribution in [3.05, 3.63) is 23.5 Å². The Morgan fingerprint density at radius 1 is 1.39 bits per heavy atom. The third-order valence-corrected chi connectivity index (χ3v) is 6.00. The number of imidazole rings is 1. The first-order chi connectivity index (χ1) is 12.6. The molecule has 0 radical (unpaired) electrons. The highest BCUT2D eigenvalue weighted by Crippen LogP contribution is 2.52. The van der Waals surface area contributed by atoms with Crippen molar-refractivity contribution in [2.75, 3.05) is 5.32 Å². The zero-order valence-corrected chi connectivity index (χ0v) is 16.5. The second kappa shape index (κ2) is 6.83. The Kier molecular flexibility index (Phi) is 5.07. The molecule has 28 heavy (non-hydrogen) atoms. The highest BCUT2D eigenvalue weighted by Gasteiger charge is 2.50. The number of fused-ring (bicyclic) bond motifs is 1. The topological polar surface area (TPSA) is 67.2 Å². The summed E-state index contributed by atoms with van der Waals surface area (Å²) in [5, 5.41) is 13.1. The first-order valence-electron chi connectivity index (χ1n) is 9.79. The van der Waals surface area contributed by atoms with Gasteiger partial charge in [-0.15, -0.1) is 0 Å². The van der Waals surface area contributed by atoms with E-state index >= 15 is 4.39 Å². The summed E-state index contributed by atoms with van der Waals surface area (Å²) in [5.41, 5.74) is 0.486. The van der Waals surface area contributed by atoms with Gasteiger partial charge in [0.2, 0.25) is 11.9 Å². The second-order valence-corrected chi connectivity index (χ2v) is 9.52. The predicted octanol–water partition coefficient (Wildman–Crippen LogP) is 4.83. The Bertz CT molecular complexity index is 907. The molecule has 5 nitrogen and oxygen atoms in total. The number of halogens is 1. The number of hydrogen-bond acceptors (Lipinski definition) is 3. The number of anilines is 1. The van der Waals surface area contributed by atoms with Gasteiger partial charge in [-0.05, 0) is 56.6 Å². The molecule has 2 saturated carbocycles. The fraction of sp³-hybridized carbons (Fsp3) is 0.636. The van der Waals surface area contributed by atoms with Crippen LogP contribution < -0.4 is 5.32 Å². The van der Waals surface area contributed by atoms with Crippen molar-refractivity contribution in [3.8, 4) is 0 Å². The van der Waals surface area contributed by atoms with E-state index in [0.29, 0.717) is 22.5 Å². The number of aliphatic hydroxyl groups is 1. The minimum absolute atomic E-state index is 0. The summed E-state index contributed by atoms with van der Waals surface area (Å²) in [4.78, 5) is 17.1. The van der Waals surface area contributed by atoms with E-state index in [1.165, 1.54) is 0 Å². The molecule has 0 saturated heterocycles. The summed E-state index contributed by atoms with van der Waals surface area (Å²) in [7, 11) is 0. The van der Waals surface area contributed by atoms with Gasteiger partial charge in [-0.1, -0.05) is 27.3 Å². The van der Waals surface area contributed by atoms with Crippen molar-refractivity contribution < 1.29 is 14.3 Å². The number of nitrogens with zero attached hydrogens (tertiary/aromatic N) is 2. The number of aromatic nitrogens is 2. The first kappa shape index (κ1) is 20.8. The number of nitrogens with one attached hydrogen (secondary N) is 1. The lowest BCUT2D eigenvalue weighted by Crippen LogP contribution is -2.24. The van der Waals surface area contributed by atoms with Gasteiger partial charge >= 0.3 is 0 Å². The normalized spacial score (nSPS) is 21.1. The van der Waals surface area contributed by atoms with E-state index in [-0.39, 0.29) is 42.9 Å². The molecule has 1 amide bonds. The number of benzene rings is 1. The van der Waals surface area contributed by atoms with E-state index in [4.69, 9.17) is 0 Å². The van der Waals surface area contributed by atoms with Crippen LogP contribution in [0.1, 0.15) is 72.4 Å². The van der Waals surface area contributed by atoms with Crippen LogP contribution in [0.25, 0.3) is 11.0 Å². The molecule has 0 spiro atoms. The number of rotatable bonds is 5. The molecule has 2 fully saturated rings. The van der Waals surface area contributed by atoms with Crippen LogP contribution in [-0.2, 0) is 11.2 Å². The van der Waals surface area contributed by atoms with Gasteiger partial charge in [0, 0.05) is 18.4 Å². The highest BCUT2D eigenvalue weighted by atomic mass is 19.1. The van der Waals surface area contributed by atoms with E-state index in [9.17, 15) is 9.90 Å². The van der Waals surface area contributed by atoms with Gasteiger partial charge < -0.3 is 9.67 Å². The van der Waals surface area contributed by atoms with Gasteiger partial charge in [0.15, 0.2) is 5.82 Å². The van der Waals surface area contributed by atoms with Gasteiger partial charge in [-0.2, -0.15) is 0 Å². The Hall–Kier alpha value is -1.95. The SMILES string of the molecule is C.CC(C)(O)Cc1ccc2nc(NC(=O)[C@H]3CC3(C)C)n(C3CCC3)c2c1F. The Labute approximate surface area is 166 Å². The van der Waals surface area contributed by atoms with Crippen LogP contribution in [-0.4, -0.2) is 26.2 Å². The minimum Gasteiger partial charge on any atom is -0.390 e. The predicted molar refractivity (Wildman–Crippen MR) is 110 cm³/mol. The molecule has 6 heteroatoms. The average molecular weight is 390 g/mol. The van der Waals surface area contributed by atoms with Crippen molar-refractivity contribution in [3.63, 3.8) is 0 Å². The first-order valence-corrected chi connectivity index (χ1v) is 9.79. The summed E-state index contributed by atoms with van der Waals surface area (Å²) in [6.45, 7) is 7.50. The third-order valence-electron chi connectivity index (χ3n) is 6.00. The quantitative estimate of drug-likeness (QED) is 0.769. The van der Waals surface area contributed by atoms with Crippen LogP contribution in [0.15, 0.2) is 12.1 Å². The van der Waals surface area contributed by atoms with Crippen molar-refractivity contribution in [1.82, 2.24) is 9.55 Å². The van der Waals surface area contributed by atoms with Crippen LogP contribution in [0.3, 0.4) is 0 Å². The molecular weight excluding hydrogens is 357 g/mol. The van der Waals surface area contributed by atoms with Gasteiger partial charge in [-0.3, -0.25) is 10.1 Å². The third kappa shape index (κ3) is 3.66. The Morgan fingerprint density at radius 3 is 2.54 bits per heavy atom. The lowest BCUT2D eigenvalue weighted by Gasteiger charge is -2.29. The summed E-state index contributed by atoms with van der Waals surface area (Å²) in [6, 6.07) is 3.62. The summed E-state index contributed by atoms with van der Waals surface area (Å²) >= 11 is 0. The Morgan fingerprint density at radius 2 is 2.04 bits per heavy atom. The summed E-state index contributed by atoms with van der Waals surface area (Å²) in [6.07, 6.45) is 4.10. The fourth-order valence-electron chi connectivity index (χ4n) is 3.99. The molecule has 0 unspecified atom stereocenters. The van der Waals surface area contributed by atoms with E-state index < -0.39 is 5.60 Å². The second-order valence-electron chi connectivity index (χ2n) is 9.52. The molecule has 2 aromatic rings. The standard InChI is InChI=1S/C21H28FN3O2.CH4/c1-20(2)11-14(20)18(26)24-19-23-15-9-8-12(10-21(3,4)27)16(22)17(15)25(19)13-6-5-7-13;/h8-9,13-14,27H,5-7,10-11H2,1-4H3,(H,23,24,26);1H4/t14-;/m1./s1. The maximum atomic E-state index is 15.3. The largest absolute Gasteiger partial charge is 0.390 e. The van der Waals surface area contributed by atoms with Gasteiger partial charge in [0.1, 0.15) is 5.52 Å². The number of hydrogen-bond donors (Lipinski definition) is 2.